The first-order valence-electron chi connectivity index (χ1n) is 23.6. The Morgan fingerprint density at radius 3 is 2.18 bits per heavy atom. The summed E-state index contributed by atoms with van der Waals surface area (Å²) in [5.41, 5.74) is 5.95. The van der Waals surface area contributed by atoms with Crippen molar-refractivity contribution in [2.75, 3.05) is 37.7 Å². The summed E-state index contributed by atoms with van der Waals surface area (Å²) < 4.78 is 18.5. The SMILES string of the molecule is NC(=O)NCC#Cc1ccc2c(c1)[C@]1(C(=O)N2C(=O)OCc2ccc([N+](=O)[O-])cc2)[C@H](C(=O)N2CCCCCCC2)[C@H]2C(=O)O[C@H](c3ccccc3)[C@H](c3ccccc3)N2[C@@H]1c1cccc(OCCO)c1. The molecule has 5 aromatic rings. The van der Waals surface area contributed by atoms with Crippen molar-refractivity contribution in [2.24, 2.45) is 11.7 Å². The lowest BCUT2D eigenvalue weighted by atomic mass is 9.64. The molecule has 0 saturated carbocycles. The van der Waals surface area contributed by atoms with E-state index in [0.29, 0.717) is 53.9 Å². The Labute approximate surface area is 409 Å². The molecular formula is C54H52N6O11. The molecule has 5 amide bonds. The van der Waals surface area contributed by atoms with Gasteiger partial charge in [0.1, 0.15) is 36.5 Å². The number of primary amides is 1. The maximum atomic E-state index is 16.7. The van der Waals surface area contributed by atoms with Crippen LogP contribution in [0.4, 0.5) is 21.0 Å². The molecule has 17 heteroatoms. The van der Waals surface area contributed by atoms with Crippen LogP contribution in [0.1, 0.15) is 83.7 Å². The Balaban J connectivity index is 1.32. The summed E-state index contributed by atoms with van der Waals surface area (Å²) in [7, 11) is 0. The number of aliphatic hydroxyl groups excluding tert-OH is 1. The minimum atomic E-state index is -2.11. The summed E-state index contributed by atoms with van der Waals surface area (Å²) in [6, 6.07) is 31.6. The van der Waals surface area contributed by atoms with Gasteiger partial charge in [0.25, 0.3) is 5.69 Å². The van der Waals surface area contributed by atoms with E-state index in [-0.39, 0.29) is 43.3 Å². The molecule has 0 unspecified atom stereocenters. The molecule has 0 aromatic heterocycles. The molecule has 4 aliphatic heterocycles. The lowest BCUT2D eigenvalue weighted by Gasteiger charge is -2.46. The number of nitrogens with two attached hydrogens (primary N) is 1. The number of fused-ring (bicyclic) bond motifs is 3. The van der Waals surface area contributed by atoms with E-state index >= 15 is 14.4 Å². The number of carbonyl (C=O) groups excluding carboxylic acids is 5. The fraction of sp³-hybridized carbons (Fsp3) is 0.315. The number of nitro groups is 1. The Kier molecular flexibility index (Phi) is 14.1. The number of nitrogens with zero attached hydrogens (tertiary/aromatic N) is 4. The van der Waals surface area contributed by atoms with Crippen LogP contribution >= 0.6 is 0 Å². The lowest BCUT2D eigenvalue weighted by molar-refractivity contribution is -0.384. The smallest absolute Gasteiger partial charge is 0.421 e. The van der Waals surface area contributed by atoms with Gasteiger partial charge in [-0.05, 0) is 83.1 Å². The molecule has 4 N–H and O–H groups in total. The Morgan fingerprint density at radius 1 is 0.831 bits per heavy atom. The number of nitrogens with one attached hydrogen (secondary N) is 1. The number of likely N-dealkylation sites (tertiary alicyclic amines) is 1. The van der Waals surface area contributed by atoms with E-state index in [1.165, 1.54) is 24.3 Å². The van der Waals surface area contributed by atoms with Gasteiger partial charge in [0.2, 0.25) is 11.8 Å². The zero-order valence-electron chi connectivity index (χ0n) is 38.7. The van der Waals surface area contributed by atoms with E-state index in [1.807, 2.05) is 65.6 Å². The fourth-order valence-electron chi connectivity index (χ4n) is 10.7. The zero-order chi connectivity index (χ0) is 49.6. The van der Waals surface area contributed by atoms with Crippen LogP contribution in [0.25, 0.3) is 0 Å². The number of carbonyl (C=O) groups is 5. The molecule has 9 rings (SSSR count). The molecule has 4 heterocycles. The summed E-state index contributed by atoms with van der Waals surface area (Å²) in [6.45, 7) is -0.119. The number of aliphatic hydroxyl groups is 1. The largest absolute Gasteiger partial charge is 0.491 e. The molecule has 3 saturated heterocycles. The number of anilines is 1. The molecule has 3 fully saturated rings. The highest BCUT2D eigenvalue weighted by Gasteiger charge is 2.76. The minimum absolute atomic E-state index is 0.0560. The lowest BCUT2D eigenvalue weighted by Crippen LogP contribution is -2.56. The van der Waals surface area contributed by atoms with Crippen LogP contribution in [0.15, 0.2) is 127 Å². The van der Waals surface area contributed by atoms with Crippen LogP contribution in [-0.2, 0) is 35.9 Å². The van der Waals surface area contributed by atoms with Gasteiger partial charge >= 0.3 is 18.1 Å². The van der Waals surface area contributed by atoms with E-state index in [9.17, 15) is 24.8 Å². The van der Waals surface area contributed by atoms with Crippen LogP contribution < -0.4 is 20.7 Å². The van der Waals surface area contributed by atoms with Gasteiger partial charge in [-0.2, -0.15) is 0 Å². The van der Waals surface area contributed by atoms with Crippen molar-refractivity contribution in [1.29, 1.82) is 0 Å². The second-order valence-corrected chi connectivity index (χ2v) is 17.9. The number of hydrogen-bond acceptors (Lipinski definition) is 12. The maximum Gasteiger partial charge on any atom is 0.421 e. The van der Waals surface area contributed by atoms with Crippen molar-refractivity contribution in [3.05, 3.63) is 171 Å². The number of urea groups is 1. The number of ether oxygens (including phenoxy) is 3. The molecule has 17 nitrogen and oxygen atoms in total. The predicted molar refractivity (Wildman–Crippen MR) is 258 cm³/mol. The summed E-state index contributed by atoms with van der Waals surface area (Å²) >= 11 is 0. The van der Waals surface area contributed by atoms with Crippen LogP contribution in [0, 0.1) is 27.9 Å². The minimum Gasteiger partial charge on any atom is -0.491 e. The van der Waals surface area contributed by atoms with Crippen LogP contribution in [0.3, 0.4) is 0 Å². The van der Waals surface area contributed by atoms with Crippen LogP contribution in [0.2, 0.25) is 0 Å². The van der Waals surface area contributed by atoms with Gasteiger partial charge < -0.3 is 35.3 Å². The molecular weight excluding hydrogens is 909 g/mol. The van der Waals surface area contributed by atoms with E-state index in [4.69, 9.17) is 19.9 Å². The van der Waals surface area contributed by atoms with Gasteiger partial charge in [-0.15, -0.1) is 0 Å². The van der Waals surface area contributed by atoms with Crippen molar-refractivity contribution in [3.63, 3.8) is 0 Å². The molecule has 71 heavy (non-hydrogen) atoms. The van der Waals surface area contributed by atoms with E-state index in [0.717, 1.165) is 29.7 Å². The number of amides is 5. The topological polar surface area (TPSA) is 224 Å². The molecule has 5 aromatic carbocycles. The Bertz CT molecular complexity index is 2880. The third-order valence-electron chi connectivity index (χ3n) is 13.7. The first-order valence-corrected chi connectivity index (χ1v) is 23.6. The highest BCUT2D eigenvalue weighted by molar-refractivity contribution is 6.23. The Morgan fingerprint density at radius 2 is 1.51 bits per heavy atom. The van der Waals surface area contributed by atoms with Crippen LogP contribution in [-0.4, -0.2) is 88.6 Å². The van der Waals surface area contributed by atoms with Crippen LogP contribution in [0.5, 0.6) is 5.75 Å². The number of benzene rings is 5. The molecule has 0 bridgehead atoms. The number of hydrogen-bond donors (Lipinski definition) is 3. The maximum absolute atomic E-state index is 16.7. The predicted octanol–water partition coefficient (Wildman–Crippen LogP) is 6.78. The van der Waals surface area contributed by atoms with Crippen molar-refractivity contribution in [1.82, 2.24) is 15.1 Å². The quantitative estimate of drug-likeness (QED) is 0.0539. The van der Waals surface area contributed by atoms with Crippen molar-refractivity contribution < 1.29 is 48.2 Å². The van der Waals surface area contributed by atoms with Gasteiger partial charge in [-0.3, -0.25) is 29.4 Å². The van der Waals surface area contributed by atoms with Crippen molar-refractivity contribution >= 4 is 41.3 Å². The third-order valence-corrected chi connectivity index (χ3v) is 13.7. The Hall–Kier alpha value is -8.07. The average Bonchev–Trinajstić information content (AvgIpc) is 3.83. The molecule has 6 atom stereocenters. The first-order chi connectivity index (χ1) is 34.5. The second kappa shape index (κ2) is 20.9. The molecule has 1 spiro atoms. The standard InChI is InChI=1S/C54H52N6O11/c55-52(65)56-27-13-14-35-23-26-43-42(32-35)54(51(64)58(43)53(66)70-34-36-21-24-40(25-22-36)60(67)68)44(49(62)57-28-10-2-1-3-11-29-57)46-50(63)71-47(38-17-8-5-9-18-38)45(37-15-6-4-7-16-37)59(46)48(54)39-19-12-20-41(33-39)69-31-30-61/h4-9,12,15-26,32-33,44-48,61H,1-3,10-11,27-31,34H2,(H3,55,56,65)/t44-,45-,46-,47+,48+,54-/m0/s1. The molecule has 364 valence electrons. The summed E-state index contributed by atoms with van der Waals surface area (Å²) in [5.74, 6) is 2.68. The number of rotatable bonds is 11. The number of cyclic esters (lactones) is 1. The number of imide groups is 1. The van der Waals surface area contributed by atoms with Gasteiger partial charge in [-0.1, -0.05) is 104 Å². The highest BCUT2D eigenvalue weighted by atomic mass is 16.6. The zero-order valence-corrected chi connectivity index (χ0v) is 38.7. The summed E-state index contributed by atoms with van der Waals surface area (Å²) in [4.78, 5) is 90.3. The average molecular weight is 961 g/mol. The number of morpholine rings is 1. The summed E-state index contributed by atoms with van der Waals surface area (Å²) in [5, 5.41) is 23.7. The van der Waals surface area contributed by atoms with Crippen molar-refractivity contribution in [2.45, 2.75) is 68.4 Å². The van der Waals surface area contributed by atoms with Gasteiger partial charge in [0, 0.05) is 30.8 Å². The monoisotopic (exact) mass is 960 g/mol. The van der Waals surface area contributed by atoms with Gasteiger partial charge in [0.05, 0.1) is 41.8 Å². The normalized spacial score (nSPS) is 22.7. The third kappa shape index (κ3) is 9.27. The van der Waals surface area contributed by atoms with E-state index in [2.05, 4.69) is 17.2 Å². The van der Waals surface area contributed by atoms with E-state index < -0.39 is 70.4 Å². The number of esters is 1. The highest BCUT2D eigenvalue weighted by Crippen LogP contribution is 2.66. The molecule has 0 radical (unpaired) electrons. The van der Waals surface area contributed by atoms with Gasteiger partial charge in [-0.25, -0.2) is 14.5 Å². The summed E-state index contributed by atoms with van der Waals surface area (Å²) in [6.07, 6.45) is 2.06. The number of non-ortho nitro benzene ring substituents is 1. The first kappa shape index (κ1) is 48.0. The molecule has 4 aliphatic rings. The number of nitro benzene ring substituents is 1. The fourth-order valence-corrected chi connectivity index (χ4v) is 10.7. The molecule has 0 aliphatic carbocycles. The van der Waals surface area contributed by atoms with Crippen molar-refractivity contribution in [3.8, 4) is 17.6 Å². The second-order valence-electron chi connectivity index (χ2n) is 17.9. The van der Waals surface area contributed by atoms with E-state index in [1.54, 1.807) is 47.4 Å². The van der Waals surface area contributed by atoms with Gasteiger partial charge in [0.15, 0.2) is 0 Å².